The van der Waals surface area contributed by atoms with Crippen LogP contribution in [0.25, 0.3) is 0 Å². The molecular formula is C21H19ClN2O3S. The van der Waals surface area contributed by atoms with Crippen LogP contribution in [-0.2, 0) is 10.0 Å². The molecule has 0 aliphatic rings. The molecule has 0 spiro atoms. The fraction of sp³-hybridized carbons (Fsp3) is 0.0952. The van der Waals surface area contributed by atoms with Crippen molar-refractivity contribution >= 4 is 38.9 Å². The molecular weight excluding hydrogens is 396 g/mol. The number of hydrogen-bond donors (Lipinski definition) is 2. The molecule has 0 fully saturated rings. The Balaban J connectivity index is 1.73. The van der Waals surface area contributed by atoms with Crippen molar-refractivity contribution in [1.29, 1.82) is 0 Å². The number of amides is 1. The van der Waals surface area contributed by atoms with Crippen molar-refractivity contribution in [3.63, 3.8) is 0 Å². The molecule has 0 aliphatic carbocycles. The topological polar surface area (TPSA) is 75.3 Å². The van der Waals surface area contributed by atoms with Gasteiger partial charge in [-0.15, -0.1) is 0 Å². The van der Waals surface area contributed by atoms with Crippen LogP contribution in [-0.4, -0.2) is 14.3 Å². The number of benzene rings is 3. The zero-order valence-electron chi connectivity index (χ0n) is 15.4. The molecule has 0 aromatic heterocycles. The molecule has 0 aliphatic heterocycles. The lowest BCUT2D eigenvalue weighted by atomic mass is 10.1. The van der Waals surface area contributed by atoms with E-state index in [1.165, 1.54) is 24.3 Å². The predicted octanol–water partition coefficient (Wildman–Crippen LogP) is 5.01. The SMILES string of the molecule is Cc1ccc(NS(=O)(=O)c2ccc(NC(=O)c3ccc(C)cc3Cl)cc2)cc1. The van der Waals surface area contributed by atoms with E-state index in [0.29, 0.717) is 22.0 Å². The normalized spacial score (nSPS) is 11.1. The molecule has 28 heavy (non-hydrogen) atoms. The second-order valence-corrected chi connectivity index (χ2v) is 8.52. The molecule has 0 saturated carbocycles. The van der Waals surface area contributed by atoms with E-state index in [0.717, 1.165) is 11.1 Å². The molecule has 0 atom stereocenters. The van der Waals surface area contributed by atoms with Gasteiger partial charge in [0.15, 0.2) is 0 Å². The van der Waals surface area contributed by atoms with Gasteiger partial charge in [0, 0.05) is 11.4 Å². The van der Waals surface area contributed by atoms with E-state index in [2.05, 4.69) is 10.0 Å². The summed E-state index contributed by atoms with van der Waals surface area (Å²) in [5.41, 5.74) is 3.30. The highest BCUT2D eigenvalue weighted by Crippen LogP contribution is 2.21. The molecule has 3 aromatic carbocycles. The molecule has 0 bridgehead atoms. The number of sulfonamides is 1. The first kappa shape index (κ1) is 19.9. The van der Waals surface area contributed by atoms with Crippen molar-refractivity contribution in [2.75, 3.05) is 10.0 Å². The number of nitrogens with one attached hydrogen (secondary N) is 2. The summed E-state index contributed by atoms with van der Waals surface area (Å²) in [5.74, 6) is -0.363. The lowest BCUT2D eigenvalue weighted by Crippen LogP contribution is -2.14. The lowest BCUT2D eigenvalue weighted by molar-refractivity contribution is 0.102. The number of halogens is 1. The van der Waals surface area contributed by atoms with Gasteiger partial charge in [0.25, 0.3) is 15.9 Å². The van der Waals surface area contributed by atoms with Crippen molar-refractivity contribution in [1.82, 2.24) is 0 Å². The minimum Gasteiger partial charge on any atom is -0.322 e. The fourth-order valence-electron chi connectivity index (χ4n) is 2.56. The van der Waals surface area contributed by atoms with Gasteiger partial charge in [0.1, 0.15) is 0 Å². The van der Waals surface area contributed by atoms with E-state index < -0.39 is 10.0 Å². The first-order chi connectivity index (χ1) is 13.2. The quantitative estimate of drug-likeness (QED) is 0.616. The summed E-state index contributed by atoms with van der Waals surface area (Å²) in [5, 5.41) is 3.07. The van der Waals surface area contributed by atoms with Crippen molar-refractivity contribution in [3.8, 4) is 0 Å². The number of hydrogen-bond acceptors (Lipinski definition) is 3. The first-order valence-corrected chi connectivity index (χ1v) is 10.4. The summed E-state index contributed by atoms with van der Waals surface area (Å²) < 4.78 is 27.5. The Hall–Kier alpha value is -2.83. The maximum Gasteiger partial charge on any atom is 0.261 e. The molecule has 3 aromatic rings. The highest BCUT2D eigenvalue weighted by Gasteiger charge is 2.15. The van der Waals surface area contributed by atoms with E-state index in [9.17, 15) is 13.2 Å². The molecule has 3 rings (SSSR count). The van der Waals surface area contributed by atoms with Crippen molar-refractivity contribution in [2.45, 2.75) is 18.7 Å². The molecule has 7 heteroatoms. The van der Waals surface area contributed by atoms with Crippen molar-refractivity contribution in [2.24, 2.45) is 0 Å². The van der Waals surface area contributed by atoms with Gasteiger partial charge in [-0.2, -0.15) is 0 Å². The van der Waals surface area contributed by atoms with Crippen LogP contribution in [0.15, 0.2) is 71.6 Å². The average Bonchev–Trinajstić information content (AvgIpc) is 2.64. The Labute approximate surface area is 169 Å². The molecule has 0 heterocycles. The second kappa shape index (κ2) is 8.04. The maximum absolute atomic E-state index is 12.5. The van der Waals surface area contributed by atoms with Gasteiger partial charge in [0.2, 0.25) is 0 Å². The highest BCUT2D eigenvalue weighted by molar-refractivity contribution is 7.92. The van der Waals surface area contributed by atoms with Crippen LogP contribution in [0, 0.1) is 13.8 Å². The van der Waals surface area contributed by atoms with Gasteiger partial charge in [0.05, 0.1) is 15.5 Å². The largest absolute Gasteiger partial charge is 0.322 e. The molecule has 5 nitrogen and oxygen atoms in total. The average molecular weight is 415 g/mol. The summed E-state index contributed by atoms with van der Waals surface area (Å²) >= 11 is 6.11. The zero-order chi connectivity index (χ0) is 20.3. The summed E-state index contributed by atoms with van der Waals surface area (Å²) in [6.45, 7) is 3.81. The van der Waals surface area contributed by atoms with E-state index in [1.807, 2.05) is 26.0 Å². The monoisotopic (exact) mass is 414 g/mol. The van der Waals surface area contributed by atoms with Crippen LogP contribution in [0.5, 0.6) is 0 Å². The van der Waals surface area contributed by atoms with Gasteiger partial charge >= 0.3 is 0 Å². The Morgan fingerprint density at radius 1 is 0.821 bits per heavy atom. The molecule has 0 saturated heterocycles. The van der Waals surface area contributed by atoms with Crippen LogP contribution in [0.4, 0.5) is 11.4 Å². The van der Waals surface area contributed by atoms with Gasteiger partial charge in [-0.05, 0) is 67.9 Å². The number of carbonyl (C=O) groups is 1. The summed E-state index contributed by atoms with van der Waals surface area (Å²) in [6, 6.07) is 18.1. The molecule has 2 N–H and O–H groups in total. The third kappa shape index (κ3) is 4.71. The summed E-state index contributed by atoms with van der Waals surface area (Å²) in [6.07, 6.45) is 0. The summed E-state index contributed by atoms with van der Waals surface area (Å²) in [7, 11) is -3.72. The van der Waals surface area contributed by atoms with Gasteiger partial charge in [-0.25, -0.2) is 8.42 Å². The zero-order valence-corrected chi connectivity index (χ0v) is 16.9. The van der Waals surface area contributed by atoms with Crippen LogP contribution in [0.2, 0.25) is 5.02 Å². The van der Waals surface area contributed by atoms with E-state index in [1.54, 1.807) is 30.3 Å². The molecule has 0 unspecified atom stereocenters. The number of anilines is 2. The lowest BCUT2D eigenvalue weighted by Gasteiger charge is -2.10. The standard InChI is InChI=1S/C21H19ClN2O3S/c1-14-3-6-17(7-4-14)24-28(26,27)18-10-8-16(9-11-18)23-21(25)19-12-5-15(2)13-20(19)22/h3-13,24H,1-2H3,(H,23,25). The molecule has 144 valence electrons. The number of rotatable bonds is 5. The number of carbonyl (C=O) groups excluding carboxylic acids is 1. The molecule has 1 amide bonds. The third-order valence-corrected chi connectivity index (χ3v) is 5.81. The Kier molecular flexibility index (Phi) is 5.72. The smallest absolute Gasteiger partial charge is 0.261 e. The Morgan fingerprint density at radius 2 is 1.39 bits per heavy atom. The van der Waals surface area contributed by atoms with Gasteiger partial charge in [-0.1, -0.05) is 35.4 Å². The van der Waals surface area contributed by atoms with E-state index in [4.69, 9.17) is 11.6 Å². The van der Waals surface area contributed by atoms with Crippen molar-refractivity contribution < 1.29 is 13.2 Å². The summed E-state index contributed by atoms with van der Waals surface area (Å²) in [4.78, 5) is 12.5. The Bertz CT molecular complexity index is 1110. The van der Waals surface area contributed by atoms with E-state index >= 15 is 0 Å². The number of aryl methyl sites for hydroxylation is 2. The van der Waals surface area contributed by atoms with Crippen molar-refractivity contribution in [3.05, 3.63) is 88.4 Å². The minimum absolute atomic E-state index is 0.0967. The first-order valence-electron chi connectivity index (χ1n) is 8.52. The predicted molar refractivity (Wildman–Crippen MR) is 113 cm³/mol. The fourth-order valence-corrected chi connectivity index (χ4v) is 3.94. The van der Waals surface area contributed by atoms with E-state index in [-0.39, 0.29) is 10.8 Å². The maximum atomic E-state index is 12.5. The van der Waals surface area contributed by atoms with Crippen LogP contribution in [0.1, 0.15) is 21.5 Å². The molecule has 0 radical (unpaired) electrons. The van der Waals surface area contributed by atoms with Crippen LogP contribution in [0.3, 0.4) is 0 Å². The van der Waals surface area contributed by atoms with Gasteiger partial charge in [-0.3, -0.25) is 9.52 Å². The Morgan fingerprint density at radius 3 is 2.00 bits per heavy atom. The highest BCUT2D eigenvalue weighted by atomic mass is 35.5. The third-order valence-electron chi connectivity index (χ3n) is 4.10. The van der Waals surface area contributed by atoms with Crippen LogP contribution >= 0.6 is 11.6 Å². The second-order valence-electron chi connectivity index (χ2n) is 6.43. The van der Waals surface area contributed by atoms with Gasteiger partial charge < -0.3 is 5.32 Å². The van der Waals surface area contributed by atoms with Crippen LogP contribution < -0.4 is 10.0 Å². The minimum atomic E-state index is -3.72.